The molecule has 0 aliphatic carbocycles. The molecule has 1 aliphatic heterocycles. The standard InChI is InChI=1S/C13H16N10/c14-11-8-7-17-13(15)18-12(8)23(21-11)10-2-1-9(19-20-10)22-5-3-16-4-6-22/h1-2,7,16H,3-6H2,(H2,14,21)(H2,15,17,18). The van der Waals surface area contributed by atoms with Crippen LogP contribution in [0.4, 0.5) is 17.6 Å². The van der Waals surface area contributed by atoms with E-state index in [1.54, 1.807) is 6.20 Å². The quantitative estimate of drug-likeness (QED) is 0.554. The van der Waals surface area contributed by atoms with Gasteiger partial charge in [0.25, 0.3) is 0 Å². The maximum Gasteiger partial charge on any atom is 0.222 e. The van der Waals surface area contributed by atoms with Crippen LogP contribution in [0, 0.1) is 0 Å². The average Bonchev–Trinajstić information content (AvgIpc) is 2.92. The number of rotatable bonds is 2. The van der Waals surface area contributed by atoms with Crippen LogP contribution in [0.15, 0.2) is 18.3 Å². The van der Waals surface area contributed by atoms with Gasteiger partial charge in [-0.05, 0) is 12.1 Å². The molecule has 23 heavy (non-hydrogen) atoms. The van der Waals surface area contributed by atoms with E-state index in [2.05, 4.69) is 35.5 Å². The third-order valence-electron chi connectivity index (χ3n) is 3.77. The molecule has 3 aromatic heterocycles. The number of piperazine rings is 1. The van der Waals surface area contributed by atoms with E-state index >= 15 is 0 Å². The molecule has 3 aromatic rings. The number of aromatic nitrogens is 6. The van der Waals surface area contributed by atoms with Crippen molar-refractivity contribution in [1.29, 1.82) is 0 Å². The zero-order valence-corrected chi connectivity index (χ0v) is 12.3. The molecule has 1 aliphatic rings. The van der Waals surface area contributed by atoms with Crippen LogP contribution in [0.25, 0.3) is 16.9 Å². The van der Waals surface area contributed by atoms with Crippen LogP contribution >= 0.6 is 0 Å². The Morgan fingerprint density at radius 3 is 2.52 bits per heavy atom. The second-order valence-electron chi connectivity index (χ2n) is 5.25. The van der Waals surface area contributed by atoms with E-state index < -0.39 is 0 Å². The van der Waals surface area contributed by atoms with E-state index in [0.717, 1.165) is 32.0 Å². The Morgan fingerprint density at radius 2 is 1.78 bits per heavy atom. The van der Waals surface area contributed by atoms with E-state index in [-0.39, 0.29) is 5.95 Å². The molecule has 10 nitrogen and oxygen atoms in total. The molecular weight excluding hydrogens is 296 g/mol. The number of anilines is 3. The fourth-order valence-corrected chi connectivity index (χ4v) is 2.59. The van der Waals surface area contributed by atoms with Gasteiger partial charge >= 0.3 is 0 Å². The summed E-state index contributed by atoms with van der Waals surface area (Å²) in [4.78, 5) is 10.3. The number of hydrogen-bond donors (Lipinski definition) is 3. The second-order valence-corrected chi connectivity index (χ2v) is 5.25. The van der Waals surface area contributed by atoms with Crippen molar-refractivity contribution in [3.63, 3.8) is 0 Å². The van der Waals surface area contributed by atoms with Crippen LogP contribution in [0.1, 0.15) is 0 Å². The van der Waals surface area contributed by atoms with Crippen molar-refractivity contribution in [3.8, 4) is 5.82 Å². The first kappa shape index (κ1) is 13.6. The van der Waals surface area contributed by atoms with Gasteiger partial charge in [0, 0.05) is 32.4 Å². The SMILES string of the molecule is Nc1ncc2c(N)nn(-c3ccc(N4CCNCC4)nn3)c2n1. The molecule has 0 saturated carbocycles. The zero-order chi connectivity index (χ0) is 15.8. The first-order valence-corrected chi connectivity index (χ1v) is 7.29. The van der Waals surface area contributed by atoms with Gasteiger partial charge in [0.05, 0.1) is 5.39 Å². The highest BCUT2D eigenvalue weighted by Crippen LogP contribution is 2.21. The number of nitrogen functional groups attached to an aromatic ring is 2. The van der Waals surface area contributed by atoms with Crippen LogP contribution in [0.3, 0.4) is 0 Å². The fourth-order valence-electron chi connectivity index (χ4n) is 2.59. The summed E-state index contributed by atoms with van der Waals surface area (Å²) in [6, 6.07) is 3.76. The zero-order valence-electron chi connectivity index (χ0n) is 12.3. The molecule has 0 amide bonds. The minimum atomic E-state index is 0.157. The van der Waals surface area contributed by atoms with E-state index in [4.69, 9.17) is 11.5 Å². The second kappa shape index (κ2) is 5.32. The monoisotopic (exact) mass is 312 g/mol. The van der Waals surface area contributed by atoms with Crippen molar-refractivity contribution in [2.24, 2.45) is 0 Å². The summed E-state index contributed by atoms with van der Waals surface area (Å²) in [5.41, 5.74) is 12.1. The largest absolute Gasteiger partial charge is 0.382 e. The average molecular weight is 312 g/mol. The van der Waals surface area contributed by atoms with E-state index in [9.17, 15) is 0 Å². The lowest BCUT2D eigenvalue weighted by Gasteiger charge is -2.27. The molecule has 10 heteroatoms. The number of hydrogen-bond acceptors (Lipinski definition) is 9. The first-order valence-electron chi connectivity index (χ1n) is 7.29. The van der Waals surface area contributed by atoms with Crippen molar-refractivity contribution in [1.82, 2.24) is 35.3 Å². The molecule has 0 spiro atoms. The van der Waals surface area contributed by atoms with Crippen LogP contribution < -0.4 is 21.7 Å². The lowest BCUT2D eigenvalue weighted by atomic mass is 10.3. The molecule has 118 valence electrons. The maximum absolute atomic E-state index is 5.90. The van der Waals surface area contributed by atoms with Gasteiger partial charge in [-0.3, -0.25) is 0 Å². The first-order chi connectivity index (χ1) is 11.2. The van der Waals surface area contributed by atoms with Gasteiger partial charge in [-0.15, -0.1) is 15.3 Å². The highest BCUT2D eigenvalue weighted by Gasteiger charge is 2.15. The summed E-state index contributed by atoms with van der Waals surface area (Å²) in [5.74, 6) is 1.86. The van der Waals surface area contributed by atoms with Crippen LogP contribution in [-0.2, 0) is 0 Å². The molecule has 1 fully saturated rings. The van der Waals surface area contributed by atoms with Gasteiger partial charge in [0.1, 0.15) is 0 Å². The Morgan fingerprint density at radius 1 is 1.04 bits per heavy atom. The van der Waals surface area contributed by atoms with Crippen LogP contribution in [0.2, 0.25) is 0 Å². The summed E-state index contributed by atoms with van der Waals surface area (Å²) in [6.45, 7) is 3.71. The third kappa shape index (κ3) is 2.38. The summed E-state index contributed by atoms with van der Waals surface area (Å²) < 4.78 is 1.53. The topological polar surface area (TPSA) is 137 Å². The molecule has 4 rings (SSSR count). The summed E-state index contributed by atoms with van der Waals surface area (Å²) in [6.07, 6.45) is 1.55. The van der Waals surface area contributed by atoms with E-state index in [1.165, 1.54) is 4.68 Å². The molecule has 1 saturated heterocycles. The van der Waals surface area contributed by atoms with Crippen molar-refractivity contribution < 1.29 is 0 Å². The van der Waals surface area contributed by atoms with Gasteiger partial charge in [0.2, 0.25) is 5.95 Å². The van der Waals surface area contributed by atoms with Gasteiger partial charge in [-0.2, -0.15) is 9.67 Å². The number of nitrogens with zero attached hydrogens (tertiary/aromatic N) is 7. The van der Waals surface area contributed by atoms with Crippen molar-refractivity contribution >= 4 is 28.6 Å². The molecule has 0 bridgehead atoms. The van der Waals surface area contributed by atoms with Crippen LogP contribution in [0.5, 0.6) is 0 Å². The highest BCUT2D eigenvalue weighted by atomic mass is 15.4. The van der Waals surface area contributed by atoms with Crippen LogP contribution in [-0.4, -0.2) is 56.1 Å². The van der Waals surface area contributed by atoms with Gasteiger partial charge in [0.15, 0.2) is 23.1 Å². The predicted octanol–water partition coefficient (Wildman–Crippen LogP) is -0.821. The Hall–Kier alpha value is -3.01. The predicted molar refractivity (Wildman–Crippen MR) is 86.2 cm³/mol. The lowest BCUT2D eigenvalue weighted by Crippen LogP contribution is -2.44. The maximum atomic E-state index is 5.90. The normalized spacial score (nSPS) is 15.2. The molecule has 0 aromatic carbocycles. The summed E-state index contributed by atoms with van der Waals surface area (Å²) >= 11 is 0. The third-order valence-corrected chi connectivity index (χ3v) is 3.77. The molecular formula is C13H16N10. The Labute approximate surface area is 131 Å². The molecule has 0 atom stereocenters. The fraction of sp³-hybridized carbons (Fsp3) is 0.308. The minimum absolute atomic E-state index is 0.157. The summed E-state index contributed by atoms with van der Waals surface area (Å²) in [5, 5.41) is 16.7. The molecule has 4 heterocycles. The van der Waals surface area contributed by atoms with Gasteiger partial charge in [-0.25, -0.2) is 4.98 Å². The Balaban J connectivity index is 1.72. The smallest absolute Gasteiger partial charge is 0.222 e. The van der Waals surface area contributed by atoms with Crippen molar-refractivity contribution in [2.45, 2.75) is 0 Å². The summed E-state index contributed by atoms with van der Waals surface area (Å²) in [7, 11) is 0. The van der Waals surface area contributed by atoms with Gasteiger partial charge in [-0.1, -0.05) is 0 Å². The number of fused-ring (bicyclic) bond motifs is 1. The Bertz CT molecular complexity index is 834. The van der Waals surface area contributed by atoms with E-state index in [0.29, 0.717) is 22.7 Å². The van der Waals surface area contributed by atoms with E-state index in [1.807, 2.05) is 12.1 Å². The van der Waals surface area contributed by atoms with Crippen molar-refractivity contribution in [2.75, 3.05) is 42.5 Å². The van der Waals surface area contributed by atoms with Gasteiger partial charge < -0.3 is 21.7 Å². The highest BCUT2D eigenvalue weighted by molar-refractivity contribution is 5.87. The number of nitrogens with two attached hydrogens (primary N) is 2. The molecule has 0 radical (unpaired) electrons. The lowest BCUT2D eigenvalue weighted by molar-refractivity contribution is 0.582. The molecule has 5 N–H and O–H groups in total. The Kier molecular flexibility index (Phi) is 3.15. The minimum Gasteiger partial charge on any atom is -0.382 e. The molecule has 0 unspecified atom stereocenters. The number of nitrogens with one attached hydrogen (secondary N) is 1. The van der Waals surface area contributed by atoms with Crippen molar-refractivity contribution in [3.05, 3.63) is 18.3 Å².